The van der Waals surface area contributed by atoms with Crippen LogP contribution < -0.4 is 5.32 Å². The van der Waals surface area contributed by atoms with Gasteiger partial charge in [0, 0.05) is 0 Å². The highest BCUT2D eigenvalue weighted by Crippen LogP contribution is 2.36. The minimum absolute atomic E-state index is 0.0492. The Morgan fingerprint density at radius 2 is 1.65 bits per heavy atom. The Labute approximate surface area is 159 Å². The molecule has 6 heteroatoms. The summed E-state index contributed by atoms with van der Waals surface area (Å²) < 4.78 is 11.5. The van der Waals surface area contributed by atoms with Crippen molar-refractivity contribution in [3.63, 3.8) is 0 Å². The Morgan fingerprint density at radius 1 is 1.12 bits per heavy atom. The minimum Gasteiger partial charge on any atom is -0.444 e. The van der Waals surface area contributed by atoms with Crippen molar-refractivity contribution in [1.82, 2.24) is 5.32 Å². The first kappa shape index (κ1) is 22.7. The summed E-state index contributed by atoms with van der Waals surface area (Å²) in [6.45, 7) is 16.3. The van der Waals surface area contributed by atoms with Gasteiger partial charge in [0.15, 0.2) is 8.32 Å². The van der Waals surface area contributed by atoms with Crippen LogP contribution in [0.4, 0.5) is 4.79 Å². The zero-order valence-electron chi connectivity index (χ0n) is 17.4. The standard InChI is InChI=1S/C20H35NO4Si/c1-19(2,3)25-18(23)21-17(15-12-10-9-11-13-15)16(22)14-24-26(7,8)20(4,5)6/h9-13,16-17,22H,14H2,1-8H3,(H,21,23)/t16-,17-/m0/s1. The van der Waals surface area contributed by atoms with Crippen LogP contribution in [0.1, 0.15) is 53.1 Å². The predicted molar refractivity (Wildman–Crippen MR) is 108 cm³/mol. The van der Waals surface area contributed by atoms with Crippen molar-refractivity contribution >= 4 is 14.4 Å². The molecule has 0 unspecified atom stereocenters. The van der Waals surface area contributed by atoms with Gasteiger partial charge in [0.05, 0.1) is 12.6 Å². The molecule has 5 nitrogen and oxygen atoms in total. The Kier molecular flexibility index (Phi) is 7.45. The summed E-state index contributed by atoms with van der Waals surface area (Å²) in [7, 11) is -2.00. The molecule has 0 aliphatic carbocycles. The van der Waals surface area contributed by atoms with Gasteiger partial charge in [-0.15, -0.1) is 0 Å². The zero-order valence-corrected chi connectivity index (χ0v) is 18.4. The smallest absolute Gasteiger partial charge is 0.408 e. The van der Waals surface area contributed by atoms with E-state index in [1.54, 1.807) is 20.8 Å². The molecule has 2 N–H and O–H groups in total. The normalized spacial score (nSPS) is 15.3. The summed E-state index contributed by atoms with van der Waals surface area (Å²) in [6, 6.07) is 8.79. The fourth-order valence-electron chi connectivity index (χ4n) is 2.10. The number of benzene rings is 1. The highest BCUT2D eigenvalue weighted by molar-refractivity contribution is 6.74. The number of carbonyl (C=O) groups excluding carboxylic acids is 1. The molecule has 0 aliphatic rings. The molecule has 0 aromatic heterocycles. The topological polar surface area (TPSA) is 67.8 Å². The molecule has 26 heavy (non-hydrogen) atoms. The van der Waals surface area contributed by atoms with Gasteiger partial charge >= 0.3 is 6.09 Å². The van der Waals surface area contributed by atoms with Gasteiger partial charge in [0.2, 0.25) is 0 Å². The molecule has 1 rings (SSSR count). The second-order valence-corrected chi connectivity index (χ2v) is 14.0. The maximum Gasteiger partial charge on any atom is 0.408 e. The Hall–Kier alpha value is -1.37. The van der Waals surface area contributed by atoms with E-state index in [1.807, 2.05) is 30.3 Å². The number of hydrogen-bond donors (Lipinski definition) is 2. The molecule has 0 heterocycles. The molecule has 1 aromatic rings. The first-order chi connectivity index (χ1) is 11.7. The minimum atomic E-state index is -2.00. The summed E-state index contributed by atoms with van der Waals surface area (Å²) >= 11 is 0. The van der Waals surface area contributed by atoms with E-state index in [9.17, 15) is 9.90 Å². The van der Waals surface area contributed by atoms with Crippen LogP contribution in [0, 0.1) is 0 Å². The van der Waals surface area contributed by atoms with Crippen molar-refractivity contribution in [1.29, 1.82) is 0 Å². The largest absolute Gasteiger partial charge is 0.444 e. The van der Waals surface area contributed by atoms with Crippen LogP contribution >= 0.6 is 0 Å². The summed E-state index contributed by atoms with van der Waals surface area (Å²) in [6.07, 6.45) is -1.43. The molecule has 0 bridgehead atoms. The molecule has 1 aromatic carbocycles. The molecule has 0 saturated carbocycles. The Balaban J connectivity index is 2.90. The highest BCUT2D eigenvalue weighted by atomic mass is 28.4. The summed E-state index contributed by atoms with van der Waals surface area (Å²) in [5.41, 5.74) is 0.207. The number of hydrogen-bond acceptors (Lipinski definition) is 4. The summed E-state index contributed by atoms with van der Waals surface area (Å²) in [5, 5.41) is 13.6. The van der Waals surface area contributed by atoms with Gasteiger partial charge < -0.3 is 19.6 Å². The van der Waals surface area contributed by atoms with Crippen molar-refractivity contribution in [3.8, 4) is 0 Å². The van der Waals surface area contributed by atoms with Crippen molar-refractivity contribution in [2.24, 2.45) is 0 Å². The molecule has 0 fully saturated rings. The van der Waals surface area contributed by atoms with Gasteiger partial charge in [-0.25, -0.2) is 4.79 Å². The molecule has 2 atom stereocenters. The molecular weight excluding hydrogens is 346 g/mol. The maximum atomic E-state index is 12.2. The molecule has 0 spiro atoms. The number of carbonyl (C=O) groups is 1. The lowest BCUT2D eigenvalue weighted by Crippen LogP contribution is -2.46. The van der Waals surface area contributed by atoms with Crippen LogP contribution in [0.5, 0.6) is 0 Å². The van der Waals surface area contributed by atoms with E-state index in [2.05, 4.69) is 39.2 Å². The van der Waals surface area contributed by atoms with Gasteiger partial charge in [0.25, 0.3) is 0 Å². The fourth-order valence-corrected chi connectivity index (χ4v) is 3.12. The first-order valence-electron chi connectivity index (χ1n) is 9.09. The average molecular weight is 382 g/mol. The van der Waals surface area contributed by atoms with Gasteiger partial charge in [-0.3, -0.25) is 0 Å². The van der Waals surface area contributed by atoms with Crippen molar-refractivity contribution in [2.75, 3.05) is 6.61 Å². The Morgan fingerprint density at radius 3 is 2.12 bits per heavy atom. The highest BCUT2D eigenvalue weighted by Gasteiger charge is 2.38. The number of ether oxygens (including phenoxy) is 1. The maximum absolute atomic E-state index is 12.2. The average Bonchev–Trinajstić information content (AvgIpc) is 2.48. The van der Waals surface area contributed by atoms with Crippen molar-refractivity contribution in [3.05, 3.63) is 35.9 Å². The number of aliphatic hydroxyl groups is 1. The molecular formula is C20H35NO4Si. The molecule has 0 radical (unpaired) electrons. The van der Waals surface area contributed by atoms with Crippen LogP contribution in [0.25, 0.3) is 0 Å². The predicted octanol–water partition coefficient (Wildman–Crippen LogP) is 4.64. The second kappa shape index (κ2) is 8.54. The quantitative estimate of drug-likeness (QED) is 0.705. The lowest BCUT2D eigenvalue weighted by Gasteiger charge is -2.37. The monoisotopic (exact) mass is 381 g/mol. The summed E-state index contributed by atoms with van der Waals surface area (Å²) in [4.78, 5) is 12.2. The number of amides is 1. The lowest BCUT2D eigenvalue weighted by atomic mass is 10.0. The zero-order chi connectivity index (χ0) is 20.2. The molecule has 1 amide bonds. The van der Waals surface area contributed by atoms with Gasteiger partial charge in [-0.2, -0.15) is 0 Å². The lowest BCUT2D eigenvalue weighted by molar-refractivity contribution is 0.0330. The number of rotatable bonds is 6. The van der Waals surface area contributed by atoms with Gasteiger partial charge in [-0.1, -0.05) is 51.1 Å². The van der Waals surface area contributed by atoms with Gasteiger partial charge in [-0.05, 0) is 44.5 Å². The third-order valence-corrected chi connectivity index (χ3v) is 9.14. The SMILES string of the molecule is CC(C)(C)OC(=O)N[C@@H](c1ccccc1)[C@@H](O)CO[Si](C)(C)C(C)(C)C. The third kappa shape index (κ3) is 7.09. The van der Waals surface area contributed by atoms with Crippen LogP contribution in [-0.2, 0) is 9.16 Å². The van der Waals surface area contributed by atoms with E-state index in [1.165, 1.54) is 0 Å². The van der Waals surface area contributed by atoms with E-state index >= 15 is 0 Å². The van der Waals surface area contributed by atoms with Crippen LogP contribution in [-0.4, -0.2) is 37.8 Å². The number of alkyl carbamates (subject to hydrolysis) is 1. The van der Waals surface area contributed by atoms with E-state index in [-0.39, 0.29) is 11.6 Å². The van der Waals surface area contributed by atoms with E-state index < -0.39 is 32.2 Å². The number of aliphatic hydroxyl groups excluding tert-OH is 1. The third-order valence-electron chi connectivity index (χ3n) is 4.64. The first-order valence-corrected chi connectivity index (χ1v) is 12.0. The number of nitrogens with one attached hydrogen (secondary N) is 1. The van der Waals surface area contributed by atoms with Gasteiger partial charge in [0.1, 0.15) is 11.7 Å². The van der Waals surface area contributed by atoms with Crippen LogP contribution in [0.2, 0.25) is 18.1 Å². The van der Waals surface area contributed by atoms with E-state index in [0.717, 1.165) is 5.56 Å². The Bertz CT molecular complexity index is 576. The van der Waals surface area contributed by atoms with Crippen molar-refractivity contribution in [2.45, 2.75) is 77.4 Å². The van der Waals surface area contributed by atoms with E-state index in [0.29, 0.717) is 0 Å². The fraction of sp³-hybridized carbons (Fsp3) is 0.650. The summed E-state index contributed by atoms with van der Waals surface area (Å²) in [5.74, 6) is 0. The van der Waals surface area contributed by atoms with Crippen molar-refractivity contribution < 1.29 is 19.1 Å². The van der Waals surface area contributed by atoms with Crippen LogP contribution in [0.3, 0.4) is 0 Å². The molecule has 148 valence electrons. The molecule has 0 aliphatic heterocycles. The molecule has 0 saturated heterocycles. The van der Waals surface area contributed by atoms with Crippen LogP contribution in [0.15, 0.2) is 30.3 Å². The van der Waals surface area contributed by atoms with E-state index in [4.69, 9.17) is 9.16 Å². The second-order valence-electron chi connectivity index (χ2n) is 9.17.